The molecule has 0 atom stereocenters. The zero-order valence-corrected chi connectivity index (χ0v) is 8.73. The molecule has 2 rings (SSSR count). The largest absolute Gasteiger partial charge is 0.487 e. The lowest BCUT2D eigenvalue weighted by atomic mass is 10.2. The fourth-order valence-corrected chi connectivity index (χ4v) is 1.24. The first-order valence-corrected chi connectivity index (χ1v) is 4.74. The quantitative estimate of drug-likeness (QED) is 0.769. The van der Waals surface area contributed by atoms with Gasteiger partial charge in [0.05, 0.1) is 0 Å². The molecule has 1 aromatic carbocycles. The third kappa shape index (κ3) is 2.15. The Morgan fingerprint density at radius 2 is 2.00 bits per heavy atom. The molecule has 0 bridgehead atoms. The number of para-hydroxylation sites is 1. The summed E-state index contributed by atoms with van der Waals surface area (Å²) in [5, 5.41) is 7.43. The Kier molecular flexibility index (Phi) is 2.67. The third-order valence-corrected chi connectivity index (χ3v) is 2.20. The van der Waals surface area contributed by atoms with E-state index in [1.165, 1.54) is 0 Å². The SMILES string of the molecule is Cc1ccccc1OCc1nonc1C. The summed E-state index contributed by atoms with van der Waals surface area (Å²) in [5.74, 6) is 0.861. The molecule has 15 heavy (non-hydrogen) atoms. The number of ether oxygens (including phenoxy) is 1. The van der Waals surface area contributed by atoms with Crippen LogP contribution in [-0.2, 0) is 6.61 Å². The van der Waals surface area contributed by atoms with E-state index in [0.29, 0.717) is 6.61 Å². The molecule has 78 valence electrons. The second-order valence-corrected chi connectivity index (χ2v) is 3.35. The monoisotopic (exact) mass is 204 g/mol. The zero-order chi connectivity index (χ0) is 10.7. The van der Waals surface area contributed by atoms with Crippen LogP contribution in [0.25, 0.3) is 0 Å². The van der Waals surface area contributed by atoms with Crippen molar-refractivity contribution in [2.24, 2.45) is 0 Å². The minimum absolute atomic E-state index is 0.389. The van der Waals surface area contributed by atoms with Crippen LogP contribution in [0.2, 0.25) is 0 Å². The maximum atomic E-state index is 5.60. The summed E-state index contributed by atoms with van der Waals surface area (Å²) in [6.45, 7) is 4.23. The number of hydrogen-bond donors (Lipinski definition) is 0. The van der Waals surface area contributed by atoms with E-state index in [2.05, 4.69) is 14.9 Å². The highest BCUT2D eigenvalue weighted by Crippen LogP contribution is 2.17. The van der Waals surface area contributed by atoms with Crippen LogP contribution in [0.5, 0.6) is 5.75 Å². The smallest absolute Gasteiger partial charge is 0.145 e. The van der Waals surface area contributed by atoms with Crippen molar-refractivity contribution in [1.82, 2.24) is 10.3 Å². The number of aromatic nitrogens is 2. The normalized spacial score (nSPS) is 10.3. The first-order valence-electron chi connectivity index (χ1n) is 4.74. The van der Waals surface area contributed by atoms with Gasteiger partial charge in [-0.15, -0.1) is 0 Å². The van der Waals surface area contributed by atoms with E-state index in [1.807, 2.05) is 38.1 Å². The van der Waals surface area contributed by atoms with Crippen LogP contribution >= 0.6 is 0 Å². The highest BCUT2D eigenvalue weighted by atomic mass is 16.6. The first kappa shape index (κ1) is 9.71. The molecule has 0 spiro atoms. The summed E-state index contributed by atoms with van der Waals surface area (Å²) in [6, 6.07) is 7.85. The van der Waals surface area contributed by atoms with Gasteiger partial charge in [-0.2, -0.15) is 0 Å². The Labute approximate surface area is 87.8 Å². The minimum Gasteiger partial charge on any atom is -0.487 e. The highest BCUT2D eigenvalue weighted by Gasteiger charge is 2.06. The van der Waals surface area contributed by atoms with Gasteiger partial charge < -0.3 is 4.74 Å². The van der Waals surface area contributed by atoms with Gasteiger partial charge in [0.25, 0.3) is 0 Å². The van der Waals surface area contributed by atoms with Crippen LogP contribution < -0.4 is 4.74 Å². The second-order valence-electron chi connectivity index (χ2n) is 3.35. The molecule has 0 fully saturated rings. The fraction of sp³-hybridized carbons (Fsp3) is 0.273. The molecule has 4 heteroatoms. The van der Waals surface area contributed by atoms with Gasteiger partial charge in [-0.1, -0.05) is 28.5 Å². The standard InChI is InChI=1S/C11H12N2O2/c1-8-5-3-4-6-11(8)14-7-10-9(2)12-15-13-10/h3-6H,7H2,1-2H3. The van der Waals surface area contributed by atoms with Crippen molar-refractivity contribution < 1.29 is 9.37 Å². The fourth-order valence-electron chi connectivity index (χ4n) is 1.24. The Hall–Kier alpha value is -1.84. The van der Waals surface area contributed by atoms with E-state index in [-0.39, 0.29) is 0 Å². The van der Waals surface area contributed by atoms with Crippen molar-refractivity contribution in [3.63, 3.8) is 0 Å². The summed E-state index contributed by atoms with van der Waals surface area (Å²) in [6.07, 6.45) is 0. The van der Waals surface area contributed by atoms with Gasteiger partial charge in [0.2, 0.25) is 0 Å². The number of benzene rings is 1. The lowest BCUT2D eigenvalue weighted by Crippen LogP contribution is -1.98. The molecule has 2 aromatic rings. The molecule has 0 amide bonds. The van der Waals surface area contributed by atoms with E-state index >= 15 is 0 Å². The topological polar surface area (TPSA) is 48.2 Å². The zero-order valence-electron chi connectivity index (χ0n) is 8.73. The van der Waals surface area contributed by atoms with Gasteiger partial charge in [-0.05, 0) is 25.5 Å². The first-order chi connectivity index (χ1) is 7.27. The lowest BCUT2D eigenvalue weighted by Gasteiger charge is -2.06. The summed E-state index contributed by atoms with van der Waals surface area (Å²) in [5.41, 5.74) is 2.61. The summed E-state index contributed by atoms with van der Waals surface area (Å²) >= 11 is 0. The van der Waals surface area contributed by atoms with Crippen molar-refractivity contribution >= 4 is 0 Å². The third-order valence-electron chi connectivity index (χ3n) is 2.20. The maximum Gasteiger partial charge on any atom is 0.145 e. The van der Waals surface area contributed by atoms with E-state index in [4.69, 9.17) is 4.74 Å². The predicted octanol–water partition coefficient (Wildman–Crippen LogP) is 2.27. The van der Waals surface area contributed by atoms with Crippen molar-refractivity contribution in [2.75, 3.05) is 0 Å². The van der Waals surface area contributed by atoms with Crippen LogP contribution in [0.3, 0.4) is 0 Å². The molecule has 0 radical (unpaired) electrons. The molecule has 0 N–H and O–H groups in total. The maximum absolute atomic E-state index is 5.60. The Bertz CT molecular complexity index is 451. The average Bonchev–Trinajstić information content (AvgIpc) is 2.63. The van der Waals surface area contributed by atoms with E-state index in [9.17, 15) is 0 Å². The van der Waals surface area contributed by atoms with E-state index in [1.54, 1.807) is 0 Å². The van der Waals surface area contributed by atoms with Gasteiger partial charge in [-0.25, -0.2) is 4.63 Å². The van der Waals surface area contributed by atoms with Crippen LogP contribution in [0.1, 0.15) is 17.0 Å². The van der Waals surface area contributed by atoms with Crippen LogP contribution in [0, 0.1) is 13.8 Å². The number of nitrogens with zero attached hydrogens (tertiary/aromatic N) is 2. The molecule has 4 nitrogen and oxygen atoms in total. The minimum atomic E-state index is 0.389. The van der Waals surface area contributed by atoms with Crippen LogP contribution in [0.15, 0.2) is 28.9 Å². The van der Waals surface area contributed by atoms with Crippen molar-refractivity contribution in [3.8, 4) is 5.75 Å². The average molecular weight is 204 g/mol. The Balaban J connectivity index is 2.06. The lowest BCUT2D eigenvalue weighted by molar-refractivity contribution is 0.269. The molecule has 0 aliphatic carbocycles. The Morgan fingerprint density at radius 1 is 1.20 bits per heavy atom. The highest BCUT2D eigenvalue weighted by molar-refractivity contribution is 5.31. The van der Waals surface area contributed by atoms with Gasteiger partial charge >= 0.3 is 0 Å². The predicted molar refractivity (Wildman–Crippen MR) is 54.5 cm³/mol. The molecule has 0 aliphatic heterocycles. The molecule has 0 aliphatic rings. The molecular weight excluding hydrogens is 192 g/mol. The molecular formula is C11H12N2O2. The number of hydrogen-bond acceptors (Lipinski definition) is 4. The van der Waals surface area contributed by atoms with Gasteiger partial charge in [0.15, 0.2) is 0 Å². The summed E-state index contributed by atoms with van der Waals surface area (Å²) in [4.78, 5) is 0. The van der Waals surface area contributed by atoms with Crippen LogP contribution in [-0.4, -0.2) is 10.3 Å². The molecule has 0 unspecified atom stereocenters. The molecule has 0 saturated carbocycles. The van der Waals surface area contributed by atoms with Gasteiger partial charge in [0.1, 0.15) is 23.7 Å². The summed E-state index contributed by atoms with van der Waals surface area (Å²) < 4.78 is 10.2. The van der Waals surface area contributed by atoms with Crippen molar-refractivity contribution in [2.45, 2.75) is 20.5 Å². The van der Waals surface area contributed by atoms with Crippen molar-refractivity contribution in [3.05, 3.63) is 41.2 Å². The molecule has 1 heterocycles. The van der Waals surface area contributed by atoms with Gasteiger partial charge in [0, 0.05) is 0 Å². The number of aryl methyl sites for hydroxylation is 2. The van der Waals surface area contributed by atoms with E-state index < -0.39 is 0 Å². The van der Waals surface area contributed by atoms with Crippen LogP contribution in [0.4, 0.5) is 0 Å². The van der Waals surface area contributed by atoms with E-state index in [0.717, 1.165) is 22.7 Å². The molecule has 1 aromatic heterocycles. The summed E-state index contributed by atoms with van der Waals surface area (Å²) in [7, 11) is 0. The second kappa shape index (κ2) is 4.13. The number of rotatable bonds is 3. The van der Waals surface area contributed by atoms with Crippen molar-refractivity contribution in [1.29, 1.82) is 0 Å². The molecule has 0 saturated heterocycles. The van der Waals surface area contributed by atoms with Gasteiger partial charge in [-0.3, -0.25) is 0 Å². The Morgan fingerprint density at radius 3 is 2.67 bits per heavy atom.